The van der Waals surface area contributed by atoms with Crippen molar-refractivity contribution < 1.29 is 19.4 Å². The summed E-state index contributed by atoms with van der Waals surface area (Å²) in [5.74, 6) is -1.25. The van der Waals surface area contributed by atoms with Gasteiger partial charge in [0.2, 0.25) is 0 Å². The summed E-state index contributed by atoms with van der Waals surface area (Å²) in [5.41, 5.74) is -0.238. The van der Waals surface area contributed by atoms with Crippen LogP contribution in [0.2, 0.25) is 10.0 Å². The molecule has 2 N–H and O–H groups in total. The van der Waals surface area contributed by atoms with E-state index in [4.69, 9.17) is 28.3 Å². The standard InChI is InChI=1S/C10H9Cl2NO4/c1-2-17-10(16)13-8-6(9(14)15)3-5(11)4-7(8)12/h3-4H,2H2,1H3,(H,13,16)(H,14,15). The summed E-state index contributed by atoms with van der Waals surface area (Å²) in [4.78, 5) is 22.2. The summed E-state index contributed by atoms with van der Waals surface area (Å²) in [7, 11) is 0. The number of carboxylic acids is 1. The van der Waals surface area contributed by atoms with Gasteiger partial charge in [-0.3, -0.25) is 5.32 Å². The summed E-state index contributed by atoms with van der Waals surface area (Å²) in [5, 5.41) is 11.4. The van der Waals surface area contributed by atoms with Crippen molar-refractivity contribution in [2.75, 3.05) is 11.9 Å². The molecule has 0 bridgehead atoms. The fourth-order valence-electron chi connectivity index (χ4n) is 1.14. The van der Waals surface area contributed by atoms with Gasteiger partial charge in [0, 0.05) is 5.02 Å². The third-order valence-corrected chi connectivity index (χ3v) is 2.30. The van der Waals surface area contributed by atoms with Crippen molar-refractivity contribution in [1.29, 1.82) is 0 Å². The maximum Gasteiger partial charge on any atom is 0.411 e. The first-order valence-corrected chi connectivity index (χ1v) is 5.37. The third-order valence-electron chi connectivity index (χ3n) is 1.79. The first kappa shape index (κ1) is 13.6. The van der Waals surface area contributed by atoms with Gasteiger partial charge in [0.25, 0.3) is 0 Å². The molecule has 0 spiro atoms. The lowest BCUT2D eigenvalue weighted by atomic mass is 10.2. The molecule has 0 aliphatic heterocycles. The topological polar surface area (TPSA) is 75.6 Å². The number of carbonyl (C=O) groups is 2. The van der Waals surface area contributed by atoms with E-state index in [2.05, 4.69) is 10.1 Å². The van der Waals surface area contributed by atoms with Crippen molar-refractivity contribution in [3.63, 3.8) is 0 Å². The zero-order valence-corrected chi connectivity index (χ0v) is 10.3. The van der Waals surface area contributed by atoms with E-state index in [0.29, 0.717) is 0 Å². The molecule has 1 rings (SSSR count). The monoisotopic (exact) mass is 277 g/mol. The smallest absolute Gasteiger partial charge is 0.411 e. The van der Waals surface area contributed by atoms with Crippen molar-refractivity contribution in [3.8, 4) is 0 Å². The molecule has 5 nitrogen and oxygen atoms in total. The Hall–Kier alpha value is -1.46. The second kappa shape index (κ2) is 5.75. The van der Waals surface area contributed by atoms with Gasteiger partial charge >= 0.3 is 12.1 Å². The summed E-state index contributed by atoms with van der Waals surface area (Å²) >= 11 is 11.5. The molecule has 1 aromatic rings. The molecule has 0 radical (unpaired) electrons. The van der Waals surface area contributed by atoms with Gasteiger partial charge in [-0.25, -0.2) is 9.59 Å². The van der Waals surface area contributed by atoms with Gasteiger partial charge in [0.1, 0.15) is 0 Å². The Labute approximate surface area is 107 Å². The molecule has 0 aliphatic rings. The van der Waals surface area contributed by atoms with Gasteiger partial charge in [-0.2, -0.15) is 0 Å². The van der Waals surface area contributed by atoms with Crippen LogP contribution < -0.4 is 5.32 Å². The molecule has 0 saturated carbocycles. The molecule has 1 aromatic carbocycles. The number of carbonyl (C=O) groups excluding carboxylic acids is 1. The number of anilines is 1. The molecular formula is C10H9Cl2NO4. The summed E-state index contributed by atoms with van der Waals surface area (Å²) in [6.45, 7) is 1.79. The molecule has 1 amide bonds. The van der Waals surface area contributed by atoms with Gasteiger partial charge in [-0.05, 0) is 19.1 Å². The van der Waals surface area contributed by atoms with Gasteiger partial charge < -0.3 is 9.84 Å². The van der Waals surface area contributed by atoms with Gasteiger partial charge in [0.15, 0.2) is 0 Å². The lowest BCUT2D eigenvalue weighted by Crippen LogP contribution is -2.16. The summed E-state index contributed by atoms with van der Waals surface area (Å²) < 4.78 is 4.63. The zero-order valence-electron chi connectivity index (χ0n) is 8.79. The van der Waals surface area contributed by atoms with Gasteiger partial charge in [-0.1, -0.05) is 23.2 Å². The SMILES string of the molecule is CCOC(=O)Nc1c(Cl)cc(Cl)cc1C(=O)O. The number of amides is 1. The van der Waals surface area contributed by atoms with E-state index < -0.39 is 12.1 Å². The number of ether oxygens (including phenoxy) is 1. The van der Waals surface area contributed by atoms with Crippen LogP contribution in [0.25, 0.3) is 0 Å². The molecule has 7 heteroatoms. The van der Waals surface area contributed by atoms with E-state index >= 15 is 0 Å². The number of rotatable bonds is 3. The zero-order chi connectivity index (χ0) is 13.0. The lowest BCUT2D eigenvalue weighted by molar-refractivity contribution is 0.0698. The van der Waals surface area contributed by atoms with Crippen LogP contribution in [-0.2, 0) is 4.74 Å². The number of carboxylic acid groups (broad SMARTS) is 1. The largest absolute Gasteiger partial charge is 0.478 e. The molecule has 0 saturated heterocycles. The number of benzene rings is 1. The first-order valence-electron chi connectivity index (χ1n) is 4.61. The van der Waals surface area contributed by atoms with Crippen molar-refractivity contribution >= 4 is 41.0 Å². The highest BCUT2D eigenvalue weighted by Gasteiger charge is 2.17. The predicted octanol–water partition coefficient (Wildman–Crippen LogP) is 3.26. The van der Waals surface area contributed by atoms with E-state index in [-0.39, 0.29) is 27.9 Å². The number of hydrogen-bond acceptors (Lipinski definition) is 3. The fraction of sp³-hybridized carbons (Fsp3) is 0.200. The van der Waals surface area contributed by atoms with Crippen LogP contribution >= 0.6 is 23.2 Å². The lowest BCUT2D eigenvalue weighted by Gasteiger charge is -2.10. The van der Waals surface area contributed by atoms with Crippen LogP contribution in [0.3, 0.4) is 0 Å². The Morgan fingerprint density at radius 2 is 2.06 bits per heavy atom. The van der Waals surface area contributed by atoms with Gasteiger partial charge in [0.05, 0.1) is 22.9 Å². The van der Waals surface area contributed by atoms with Crippen LogP contribution in [0.5, 0.6) is 0 Å². The first-order chi connectivity index (χ1) is 7.95. The minimum atomic E-state index is -1.25. The number of aromatic carboxylic acids is 1. The van der Waals surface area contributed by atoms with Crippen molar-refractivity contribution in [3.05, 3.63) is 27.7 Å². The number of nitrogens with one attached hydrogen (secondary N) is 1. The molecule has 0 aromatic heterocycles. The second-order valence-corrected chi connectivity index (χ2v) is 3.80. The minimum absolute atomic E-state index is 0.0305. The minimum Gasteiger partial charge on any atom is -0.478 e. The molecule has 0 heterocycles. The average Bonchev–Trinajstić information content (AvgIpc) is 2.21. The molecule has 92 valence electrons. The molecule has 17 heavy (non-hydrogen) atoms. The summed E-state index contributed by atoms with van der Waals surface area (Å²) in [6, 6.07) is 2.52. The van der Waals surface area contributed by atoms with Crippen LogP contribution in [0, 0.1) is 0 Å². The Bertz CT molecular complexity index is 462. The number of halogens is 2. The van der Waals surface area contributed by atoms with E-state index in [1.165, 1.54) is 12.1 Å². The highest BCUT2D eigenvalue weighted by atomic mass is 35.5. The Morgan fingerprint density at radius 3 is 2.59 bits per heavy atom. The molecular weight excluding hydrogens is 269 g/mol. The maximum absolute atomic E-state index is 11.2. The van der Waals surface area contributed by atoms with E-state index in [9.17, 15) is 9.59 Å². The molecule has 0 atom stereocenters. The van der Waals surface area contributed by atoms with Crippen molar-refractivity contribution in [2.45, 2.75) is 6.92 Å². The molecule has 0 aliphatic carbocycles. The highest BCUT2D eigenvalue weighted by molar-refractivity contribution is 6.37. The number of hydrogen-bond donors (Lipinski definition) is 2. The maximum atomic E-state index is 11.2. The van der Waals surface area contributed by atoms with Crippen LogP contribution in [0.4, 0.5) is 10.5 Å². The summed E-state index contributed by atoms with van der Waals surface area (Å²) in [6.07, 6.45) is -0.778. The quantitative estimate of drug-likeness (QED) is 0.889. The van der Waals surface area contributed by atoms with Gasteiger partial charge in [-0.15, -0.1) is 0 Å². The van der Waals surface area contributed by atoms with E-state index in [0.717, 1.165) is 0 Å². The fourth-order valence-corrected chi connectivity index (χ4v) is 1.68. The van der Waals surface area contributed by atoms with Crippen LogP contribution in [-0.4, -0.2) is 23.8 Å². The van der Waals surface area contributed by atoms with E-state index in [1.54, 1.807) is 6.92 Å². The molecule has 0 unspecified atom stereocenters. The van der Waals surface area contributed by atoms with Crippen LogP contribution in [0.15, 0.2) is 12.1 Å². The molecule has 0 fully saturated rings. The van der Waals surface area contributed by atoms with Crippen molar-refractivity contribution in [2.24, 2.45) is 0 Å². The Kier molecular flexibility index (Phi) is 4.60. The Balaban J connectivity index is 3.12. The normalized spacial score (nSPS) is 9.82. The average molecular weight is 278 g/mol. The van der Waals surface area contributed by atoms with Crippen molar-refractivity contribution in [1.82, 2.24) is 0 Å². The highest BCUT2D eigenvalue weighted by Crippen LogP contribution is 2.30. The second-order valence-electron chi connectivity index (χ2n) is 2.96. The van der Waals surface area contributed by atoms with E-state index in [1.807, 2.05) is 0 Å². The third kappa shape index (κ3) is 3.51. The predicted molar refractivity (Wildman–Crippen MR) is 64.1 cm³/mol. The Morgan fingerprint density at radius 1 is 1.41 bits per heavy atom. The van der Waals surface area contributed by atoms with Crippen LogP contribution in [0.1, 0.15) is 17.3 Å².